The van der Waals surface area contributed by atoms with Gasteiger partial charge in [0.15, 0.2) is 0 Å². The molecule has 0 saturated carbocycles. The molecule has 2 aromatic heterocycles. The number of fused-ring (bicyclic) bond motifs is 1. The third-order valence-electron chi connectivity index (χ3n) is 3.30. The molecule has 0 atom stereocenters. The Kier molecular flexibility index (Phi) is 2.67. The molecule has 0 N–H and O–H groups in total. The zero-order valence-electron chi connectivity index (χ0n) is 11.1. The van der Waals surface area contributed by atoms with Crippen LogP contribution in [0, 0.1) is 0 Å². The fraction of sp³-hybridized carbons (Fsp3) is 0. The Hall–Kier alpha value is -3.08. The van der Waals surface area contributed by atoms with Crippen LogP contribution in [-0.4, -0.2) is 25.0 Å². The molecule has 4 rings (SSSR count). The maximum absolute atomic E-state index is 4.75. The second-order valence-electron chi connectivity index (χ2n) is 4.65. The van der Waals surface area contributed by atoms with E-state index in [4.69, 9.17) is 4.98 Å². The van der Waals surface area contributed by atoms with Crippen LogP contribution in [0.25, 0.3) is 28.2 Å². The first kappa shape index (κ1) is 11.7. The van der Waals surface area contributed by atoms with Crippen LogP contribution in [0.2, 0.25) is 0 Å². The van der Waals surface area contributed by atoms with Crippen molar-refractivity contribution in [3.05, 3.63) is 66.9 Å². The predicted molar refractivity (Wildman–Crippen MR) is 79.4 cm³/mol. The molecular formula is C16H11N5. The smallest absolute Gasteiger partial charge is 0.205 e. The summed E-state index contributed by atoms with van der Waals surface area (Å²) in [6.07, 6.45) is 1.84. The van der Waals surface area contributed by atoms with Gasteiger partial charge in [-0.05, 0) is 10.4 Å². The number of aromatic nitrogens is 5. The maximum atomic E-state index is 4.75. The number of benzene rings is 2. The van der Waals surface area contributed by atoms with Crippen molar-refractivity contribution in [1.82, 2.24) is 25.0 Å². The van der Waals surface area contributed by atoms with E-state index in [1.54, 1.807) is 4.52 Å². The molecule has 5 nitrogen and oxygen atoms in total. The van der Waals surface area contributed by atoms with Gasteiger partial charge < -0.3 is 0 Å². The molecule has 2 heterocycles. The lowest BCUT2D eigenvalue weighted by molar-refractivity contribution is 0.822. The third-order valence-corrected chi connectivity index (χ3v) is 3.30. The highest BCUT2D eigenvalue weighted by atomic mass is 15.5. The van der Waals surface area contributed by atoms with Crippen molar-refractivity contribution in [2.45, 2.75) is 0 Å². The average Bonchev–Trinajstić information content (AvgIpc) is 3.04. The van der Waals surface area contributed by atoms with Crippen molar-refractivity contribution in [3.8, 4) is 22.5 Å². The summed E-state index contributed by atoms with van der Waals surface area (Å²) in [4.78, 5) is 4.75. The fourth-order valence-electron chi connectivity index (χ4n) is 2.29. The van der Waals surface area contributed by atoms with E-state index in [0.29, 0.717) is 5.65 Å². The number of nitrogens with zero attached hydrogens (tertiary/aromatic N) is 5. The van der Waals surface area contributed by atoms with Gasteiger partial charge in [0, 0.05) is 11.1 Å². The van der Waals surface area contributed by atoms with E-state index >= 15 is 0 Å². The molecular weight excluding hydrogens is 262 g/mol. The standard InChI is InChI=1S/C16H11N5/c1-3-7-12(8-4-1)14-11-21-16(18-19-20-21)15(17-14)13-9-5-2-6-10-13/h1-11H. The van der Waals surface area contributed by atoms with Gasteiger partial charge >= 0.3 is 0 Å². The minimum absolute atomic E-state index is 0.654. The van der Waals surface area contributed by atoms with Gasteiger partial charge in [-0.25, -0.2) is 4.98 Å². The average molecular weight is 273 g/mol. The highest BCUT2D eigenvalue weighted by Gasteiger charge is 2.12. The summed E-state index contributed by atoms with van der Waals surface area (Å²) >= 11 is 0. The van der Waals surface area contributed by atoms with Crippen LogP contribution in [0.5, 0.6) is 0 Å². The van der Waals surface area contributed by atoms with Gasteiger partial charge in [-0.15, -0.1) is 5.10 Å². The lowest BCUT2D eigenvalue weighted by atomic mass is 10.1. The molecule has 0 amide bonds. The number of rotatable bonds is 2. The first-order valence-corrected chi connectivity index (χ1v) is 6.61. The molecule has 0 saturated heterocycles. The number of tetrazole rings is 1. The van der Waals surface area contributed by atoms with E-state index in [0.717, 1.165) is 22.5 Å². The summed E-state index contributed by atoms with van der Waals surface area (Å²) in [5.41, 5.74) is 4.30. The van der Waals surface area contributed by atoms with Crippen molar-refractivity contribution < 1.29 is 0 Å². The Bertz CT molecular complexity index is 884. The quantitative estimate of drug-likeness (QED) is 0.563. The monoisotopic (exact) mass is 273 g/mol. The summed E-state index contributed by atoms with van der Waals surface area (Å²) in [7, 11) is 0. The third kappa shape index (κ3) is 2.04. The zero-order valence-corrected chi connectivity index (χ0v) is 11.1. The summed E-state index contributed by atoms with van der Waals surface area (Å²) in [6, 6.07) is 19.9. The molecule has 0 bridgehead atoms. The second kappa shape index (κ2) is 4.79. The van der Waals surface area contributed by atoms with Gasteiger partial charge in [0.1, 0.15) is 5.69 Å². The highest BCUT2D eigenvalue weighted by molar-refractivity contribution is 5.75. The fourth-order valence-corrected chi connectivity index (χ4v) is 2.29. The van der Waals surface area contributed by atoms with Crippen molar-refractivity contribution in [2.75, 3.05) is 0 Å². The van der Waals surface area contributed by atoms with Crippen LogP contribution >= 0.6 is 0 Å². The van der Waals surface area contributed by atoms with Gasteiger partial charge in [-0.3, -0.25) is 0 Å². The van der Waals surface area contributed by atoms with E-state index in [1.165, 1.54) is 0 Å². The Morgan fingerprint density at radius 3 is 2.14 bits per heavy atom. The molecule has 0 unspecified atom stereocenters. The lowest BCUT2D eigenvalue weighted by Gasteiger charge is -2.06. The van der Waals surface area contributed by atoms with E-state index < -0.39 is 0 Å². The molecule has 4 aromatic rings. The van der Waals surface area contributed by atoms with Crippen molar-refractivity contribution >= 4 is 5.65 Å². The summed E-state index contributed by atoms with van der Waals surface area (Å²) in [5.74, 6) is 0. The van der Waals surface area contributed by atoms with Crippen molar-refractivity contribution in [3.63, 3.8) is 0 Å². The molecule has 0 radical (unpaired) electrons. The molecule has 0 aliphatic heterocycles. The van der Waals surface area contributed by atoms with E-state index in [9.17, 15) is 0 Å². The molecule has 100 valence electrons. The van der Waals surface area contributed by atoms with Gasteiger partial charge in [-0.1, -0.05) is 60.7 Å². The van der Waals surface area contributed by atoms with Crippen LogP contribution < -0.4 is 0 Å². The lowest BCUT2D eigenvalue weighted by Crippen LogP contribution is -1.97. The van der Waals surface area contributed by atoms with Crippen LogP contribution in [0.15, 0.2) is 66.9 Å². The molecule has 0 aliphatic carbocycles. The summed E-state index contributed by atoms with van der Waals surface area (Å²) in [6.45, 7) is 0. The molecule has 0 spiro atoms. The zero-order chi connectivity index (χ0) is 14.1. The van der Waals surface area contributed by atoms with E-state index in [2.05, 4.69) is 15.5 Å². The highest BCUT2D eigenvalue weighted by Crippen LogP contribution is 2.24. The first-order valence-electron chi connectivity index (χ1n) is 6.61. The molecule has 0 aliphatic rings. The Morgan fingerprint density at radius 2 is 1.43 bits per heavy atom. The minimum Gasteiger partial charge on any atom is -0.242 e. The van der Waals surface area contributed by atoms with E-state index in [-0.39, 0.29) is 0 Å². The van der Waals surface area contributed by atoms with Crippen molar-refractivity contribution in [1.29, 1.82) is 0 Å². The minimum atomic E-state index is 0.654. The SMILES string of the molecule is c1ccc(-c2cn3nnnc3c(-c3ccccc3)n2)cc1. The van der Waals surface area contributed by atoms with Gasteiger partial charge in [-0.2, -0.15) is 4.52 Å². The van der Waals surface area contributed by atoms with Crippen LogP contribution in [0.1, 0.15) is 0 Å². The molecule has 21 heavy (non-hydrogen) atoms. The Balaban J connectivity index is 2.00. The number of hydrogen-bond acceptors (Lipinski definition) is 4. The van der Waals surface area contributed by atoms with Gasteiger partial charge in [0.05, 0.1) is 11.9 Å². The topological polar surface area (TPSA) is 56.0 Å². The summed E-state index contributed by atoms with van der Waals surface area (Å²) < 4.78 is 1.66. The normalized spacial score (nSPS) is 10.9. The molecule has 2 aromatic carbocycles. The van der Waals surface area contributed by atoms with Crippen LogP contribution in [0.4, 0.5) is 0 Å². The van der Waals surface area contributed by atoms with Crippen molar-refractivity contribution in [2.24, 2.45) is 0 Å². The first-order chi connectivity index (χ1) is 10.4. The Labute approximate surface area is 120 Å². The van der Waals surface area contributed by atoms with Crippen LogP contribution in [-0.2, 0) is 0 Å². The Morgan fingerprint density at radius 1 is 0.762 bits per heavy atom. The van der Waals surface area contributed by atoms with E-state index in [1.807, 2.05) is 66.9 Å². The summed E-state index contributed by atoms with van der Waals surface area (Å²) in [5, 5.41) is 11.8. The number of hydrogen-bond donors (Lipinski definition) is 0. The van der Waals surface area contributed by atoms with Gasteiger partial charge in [0.2, 0.25) is 5.65 Å². The predicted octanol–water partition coefficient (Wildman–Crippen LogP) is 2.85. The maximum Gasteiger partial charge on any atom is 0.205 e. The second-order valence-corrected chi connectivity index (χ2v) is 4.65. The van der Waals surface area contributed by atoms with Gasteiger partial charge in [0.25, 0.3) is 0 Å². The van der Waals surface area contributed by atoms with Crippen LogP contribution in [0.3, 0.4) is 0 Å². The largest absolute Gasteiger partial charge is 0.242 e. The molecule has 5 heteroatoms. The molecule has 0 fully saturated rings.